The van der Waals surface area contributed by atoms with Crippen molar-refractivity contribution < 1.29 is 0 Å². The molecule has 0 radical (unpaired) electrons. The second kappa shape index (κ2) is 5.16. The highest BCUT2D eigenvalue weighted by Gasteiger charge is 2.21. The first-order valence-corrected chi connectivity index (χ1v) is 4.98. The maximum Gasteiger partial charge on any atom is 0.0659 e. The molecule has 1 fully saturated rings. The molecule has 0 spiro atoms. The van der Waals surface area contributed by atoms with E-state index in [1.807, 2.05) is 0 Å². The fraction of sp³-hybridized carbons (Fsp3) is 0.900. The molecule has 0 bridgehead atoms. The fourth-order valence-corrected chi connectivity index (χ4v) is 1.94. The minimum Gasteiger partial charge on any atom is -0.316 e. The molecule has 0 amide bonds. The van der Waals surface area contributed by atoms with Crippen LogP contribution < -0.4 is 5.32 Å². The summed E-state index contributed by atoms with van der Waals surface area (Å²) in [5.41, 5.74) is 0. The van der Waals surface area contributed by atoms with Crippen molar-refractivity contribution in [2.45, 2.75) is 32.6 Å². The summed E-state index contributed by atoms with van der Waals surface area (Å²) in [6, 6.07) is 2.43. The molecule has 0 saturated carbocycles. The summed E-state index contributed by atoms with van der Waals surface area (Å²) in [5.74, 6) is 0.909. The van der Waals surface area contributed by atoms with Gasteiger partial charge < -0.3 is 5.32 Å². The lowest BCUT2D eigenvalue weighted by atomic mass is 9.84. The summed E-state index contributed by atoms with van der Waals surface area (Å²) in [5, 5.41) is 12.3. The van der Waals surface area contributed by atoms with Gasteiger partial charge in [0.05, 0.1) is 12.0 Å². The molecular formula is C10H18N2. The van der Waals surface area contributed by atoms with Gasteiger partial charge in [-0.25, -0.2) is 0 Å². The second-order valence-electron chi connectivity index (χ2n) is 3.63. The van der Waals surface area contributed by atoms with E-state index >= 15 is 0 Å². The van der Waals surface area contributed by atoms with Gasteiger partial charge >= 0.3 is 0 Å². The van der Waals surface area contributed by atoms with E-state index in [2.05, 4.69) is 18.3 Å². The number of piperidine rings is 1. The molecule has 0 aliphatic carbocycles. The monoisotopic (exact) mass is 166 g/mol. The predicted molar refractivity (Wildman–Crippen MR) is 49.6 cm³/mol. The van der Waals surface area contributed by atoms with E-state index in [1.165, 1.54) is 12.8 Å². The highest BCUT2D eigenvalue weighted by atomic mass is 14.9. The van der Waals surface area contributed by atoms with Crippen molar-refractivity contribution in [2.24, 2.45) is 11.8 Å². The summed E-state index contributed by atoms with van der Waals surface area (Å²) in [7, 11) is 0. The van der Waals surface area contributed by atoms with E-state index in [1.54, 1.807) is 0 Å². The standard InChI is InChI=1S/C10H18N2/c1-2-4-9(7-11)10-5-3-6-12-8-10/h9-10,12H,2-6,8H2,1H3. The molecule has 2 unspecified atom stereocenters. The molecule has 2 atom stereocenters. The molecule has 1 N–H and O–H groups in total. The Hall–Kier alpha value is -0.550. The zero-order valence-electron chi connectivity index (χ0n) is 7.84. The van der Waals surface area contributed by atoms with Gasteiger partial charge in [-0.05, 0) is 38.3 Å². The van der Waals surface area contributed by atoms with Gasteiger partial charge in [0.15, 0.2) is 0 Å². The van der Waals surface area contributed by atoms with Gasteiger partial charge in [-0.3, -0.25) is 0 Å². The minimum atomic E-state index is 0.294. The van der Waals surface area contributed by atoms with Crippen LogP contribution in [0.4, 0.5) is 0 Å². The number of hydrogen-bond acceptors (Lipinski definition) is 2. The maximum absolute atomic E-state index is 8.93. The lowest BCUT2D eigenvalue weighted by molar-refractivity contribution is 0.296. The Morgan fingerprint density at radius 1 is 1.67 bits per heavy atom. The first-order valence-electron chi connectivity index (χ1n) is 4.98. The lowest BCUT2D eigenvalue weighted by Crippen LogP contribution is -2.33. The van der Waals surface area contributed by atoms with Crippen molar-refractivity contribution in [1.82, 2.24) is 5.32 Å². The Balaban J connectivity index is 2.36. The van der Waals surface area contributed by atoms with Gasteiger partial charge in [-0.15, -0.1) is 0 Å². The summed E-state index contributed by atoms with van der Waals surface area (Å²) >= 11 is 0. The average molecular weight is 166 g/mol. The van der Waals surface area contributed by atoms with Gasteiger partial charge in [0.2, 0.25) is 0 Å². The highest BCUT2D eigenvalue weighted by molar-refractivity contribution is 4.90. The second-order valence-corrected chi connectivity index (χ2v) is 3.63. The molecule has 1 saturated heterocycles. The molecule has 1 aliphatic rings. The average Bonchev–Trinajstić information content (AvgIpc) is 2.15. The number of hydrogen-bond donors (Lipinski definition) is 1. The molecule has 2 heteroatoms. The topological polar surface area (TPSA) is 35.8 Å². The smallest absolute Gasteiger partial charge is 0.0659 e. The van der Waals surface area contributed by atoms with Gasteiger partial charge in [0.1, 0.15) is 0 Å². The predicted octanol–water partition coefficient (Wildman–Crippen LogP) is 1.93. The molecule has 12 heavy (non-hydrogen) atoms. The molecule has 1 heterocycles. The third-order valence-electron chi connectivity index (χ3n) is 2.67. The van der Waals surface area contributed by atoms with Gasteiger partial charge in [-0.2, -0.15) is 5.26 Å². The molecule has 2 nitrogen and oxygen atoms in total. The molecule has 1 rings (SSSR count). The summed E-state index contributed by atoms with van der Waals surface area (Å²) in [4.78, 5) is 0. The third kappa shape index (κ3) is 2.49. The number of nitrogens with zero attached hydrogens (tertiary/aromatic N) is 1. The van der Waals surface area contributed by atoms with Gasteiger partial charge in [-0.1, -0.05) is 13.3 Å². The molecule has 1 aliphatic heterocycles. The van der Waals surface area contributed by atoms with Gasteiger partial charge in [0, 0.05) is 0 Å². The molecule has 0 aromatic rings. The van der Waals surface area contributed by atoms with E-state index in [-0.39, 0.29) is 0 Å². The highest BCUT2D eigenvalue weighted by Crippen LogP contribution is 2.23. The maximum atomic E-state index is 8.93. The SMILES string of the molecule is CCCC(C#N)C1CCCNC1. The first kappa shape index (κ1) is 9.54. The largest absolute Gasteiger partial charge is 0.316 e. The van der Waals surface area contributed by atoms with E-state index in [4.69, 9.17) is 5.26 Å². The Labute approximate surface area is 75.0 Å². The fourth-order valence-electron chi connectivity index (χ4n) is 1.94. The van der Waals surface area contributed by atoms with Crippen LogP contribution in [-0.4, -0.2) is 13.1 Å². The lowest BCUT2D eigenvalue weighted by Gasteiger charge is -2.26. The quantitative estimate of drug-likeness (QED) is 0.695. The van der Waals surface area contributed by atoms with Crippen molar-refractivity contribution in [3.05, 3.63) is 0 Å². The van der Waals surface area contributed by atoms with E-state index in [0.717, 1.165) is 25.9 Å². The molecular weight excluding hydrogens is 148 g/mol. The van der Waals surface area contributed by atoms with Crippen molar-refractivity contribution in [3.63, 3.8) is 0 Å². The Bertz CT molecular complexity index is 154. The van der Waals surface area contributed by atoms with Crippen LogP contribution in [0, 0.1) is 23.2 Å². The number of nitriles is 1. The van der Waals surface area contributed by atoms with Crippen molar-refractivity contribution in [2.75, 3.05) is 13.1 Å². The van der Waals surface area contributed by atoms with Crippen LogP contribution in [0.3, 0.4) is 0 Å². The van der Waals surface area contributed by atoms with Crippen LogP contribution in [-0.2, 0) is 0 Å². The Morgan fingerprint density at radius 2 is 2.50 bits per heavy atom. The first-order chi connectivity index (χ1) is 5.88. The Morgan fingerprint density at radius 3 is 3.00 bits per heavy atom. The van der Waals surface area contributed by atoms with Crippen molar-refractivity contribution >= 4 is 0 Å². The minimum absolute atomic E-state index is 0.294. The van der Waals surface area contributed by atoms with E-state index in [9.17, 15) is 0 Å². The summed E-state index contributed by atoms with van der Waals surface area (Å²) in [6.45, 7) is 4.35. The van der Waals surface area contributed by atoms with Crippen LogP contribution in [0.15, 0.2) is 0 Å². The number of rotatable bonds is 3. The Kier molecular flexibility index (Phi) is 4.10. The summed E-state index contributed by atoms with van der Waals surface area (Å²) in [6.07, 6.45) is 4.69. The van der Waals surface area contributed by atoms with Crippen molar-refractivity contribution in [1.29, 1.82) is 5.26 Å². The van der Waals surface area contributed by atoms with Crippen LogP contribution in [0.1, 0.15) is 32.6 Å². The van der Waals surface area contributed by atoms with Crippen molar-refractivity contribution in [3.8, 4) is 6.07 Å². The van der Waals surface area contributed by atoms with Crippen LogP contribution in [0.2, 0.25) is 0 Å². The molecule has 0 aromatic carbocycles. The zero-order valence-corrected chi connectivity index (χ0v) is 7.84. The van der Waals surface area contributed by atoms with Crippen LogP contribution >= 0.6 is 0 Å². The summed E-state index contributed by atoms with van der Waals surface area (Å²) < 4.78 is 0. The van der Waals surface area contributed by atoms with Gasteiger partial charge in [0.25, 0.3) is 0 Å². The number of nitrogens with one attached hydrogen (secondary N) is 1. The normalized spacial score (nSPS) is 26.2. The van der Waals surface area contributed by atoms with E-state index in [0.29, 0.717) is 11.8 Å². The van der Waals surface area contributed by atoms with E-state index < -0.39 is 0 Å². The van der Waals surface area contributed by atoms with Crippen LogP contribution in [0.5, 0.6) is 0 Å². The molecule has 68 valence electrons. The third-order valence-corrected chi connectivity index (χ3v) is 2.67. The molecule has 0 aromatic heterocycles. The zero-order chi connectivity index (χ0) is 8.81. The van der Waals surface area contributed by atoms with Crippen LogP contribution in [0.25, 0.3) is 0 Å².